The van der Waals surface area contributed by atoms with E-state index in [1.807, 2.05) is 43.3 Å². The quantitative estimate of drug-likeness (QED) is 0.308. The fourth-order valence-corrected chi connectivity index (χ4v) is 9.62. The summed E-state index contributed by atoms with van der Waals surface area (Å²) in [4.78, 5) is 63.7. The van der Waals surface area contributed by atoms with E-state index in [0.29, 0.717) is 31.1 Å². The van der Waals surface area contributed by atoms with Crippen molar-refractivity contribution < 1.29 is 37.4 Å². The molecule has 0 unspecified atom stereocenters. The number of benzene rings is 1. The van der Waals surface area contributed by atoms with Crippen molar-refractivity contribution in [2.45, 2.75) is 121 Å². The van der Waals surface area contributed by atoms with Gasteiger partial charge in [-0.1, -0.05) is 38.1 Å². The van der Waals surface area contributed by atoms with Crippen molar-refractivity contribution in [1.82, 2.24) is 39.4 Å². The molecule has 0 bridgehead atoms. The highest BCUT2D eigenvalue weighted by atomic mass is 32.2. The van der Waals surface area contributed by atoms with Gasteiger partial charge >= 0.3 is 6.09 Å². The van der Waals surface area contributed by atoms with Crippen LogP contribution in [0.5, 0.6) is 5.88 Å². The first kappa shape index (κ1) is 38.5. The van der Waals surface area contributed by atoms with Crippen molar-refractivity contribution in [2.75, 3.05) is 6.54 Å². The van der Waals surface area contributed by atoms with Crippen LogP contribution in [0.25, 0.3) is 16.7 Å². The molecule has 0 radical (unpaired) electrons. The lowest BCUT2D eigenvalue weighted by molar-refractivity contribution is -0.146. The Morgan fingerprint density at radius 3 is 2.55 bits per heavy atom. The lowest BCUT2D eigenvalue weighted by atomic mass is 9.85. The first-order chi connectivity index (χ1) is 25.8. The molecular formula is C38H50N8O8S. The number of fused-ring (bicyclic) bond motifs is 5. The van der Waals surface area contributed by atoms with Gasteiger partial charge in [0.25, 0.3) is 11.7 Å². The summed E-state index contributed by atoms with van der Waals surface area (Å²) in [6, 6.07) is 5.03. The standard InChI is InChI=1S/C38H50N8O8S/c1-22-11-7-8-12-24-19-38(24,33(49)43-55(52,53)37(6)15-16-37)41-30(47)28-18-25(54-31-26-13-9-10-14-27(26)45-21-39-42-34(45)40-31)20-44(28)32(48)29(23(2)17-22)46(35(50)51)36(3,4)5/h8-10,12-14,21-25,28-29H,7,11,15-20H2,1-6H3,(H,41,47)(H,43,49)(H,50,51)/b12-8-/t22-,23-,24-,25-,28+,29+,38-/m1/s1. The second kappa shape index (κ2) is 13.7. The second-order valence-corrected chi connectivity index (χ2v) is 19.4. The van der Waals surface area contributed by atoms with Crippen LogP contribution in [0.1, 0.15) is 86.5 Å². The molecule has 3 fully saturated rings. The van der Waals surface area contributed by atoms with E-state index < -0.39 is 79.7 Å². The molecular weight excluding hydrogens is 729 g/mol. The third kappa shape index (κ3) is 7.11. The van der Waals surface area contributed by atoms with Crippen molar-refractivity contribution >= 4 is 50.5 Å². The number of rotatable bonds is 6. The highest BCUT2D eigenvalue weighted by molar-refractivity contribution is 7.91. The number of hydrogen-bond acceptors (Lipinski definition) is 10. The largest absolute Gasteiger partial charge is 0.472 e. The van der Waals surface area contributed by atoms with E-state index in [4.69, 9.17) is 4.74 Å². The molecule has 296 valence electrons. The Morgan fingerprint density at radius 1 is 1.13 bits per heavy atom. The minimum atomic E-state index is -4.02. The summed E-state index contributed by atoms with van der Waals surface area (Å²) in [5, 5.41) is 22.2. The average molecular weight is 779 g/mol. The van der Waals surface area contributed by atoms with E-state index in [-0.39, 0.29) is 37.0 Å². The minimum Gasteiger partial charge on any atom is -0.472 e. The molecule has 16 nitrogen and oxygen atoms in total. The molecule has 55 heavy (non-hydrogen) atoms. The molecule has 3 N–H and O–H groups in total. The molecule has 3 aromatic rings. The van der Waals surface area contributed by atoms with E-state index in [2.05, 4.69) is 32.1 Å². The first-order valence-corrected chi connectivity index (χ1v) is 20.5. The Balaban J connectivity index is 1.28. The molecule has 17 heteroatoms. The van der Waals surface area contributed by atoms with Gasteiger partial charge in [-0.15, -0.1) is 10.2 Å². The second-order valence-electron chi connectivity index (χ2n) is 17.2. The molecule has 7 atom stereocenters. The van der Waals surface area contributed by atoms with E-state index >= 15 is 4.79 Å². The zero-order valence-electron chi connectivity index (χ0n) is 32.1. The third-order valence-corrected chi connectivity index (χ3v) is 14.0. The highest BCUT2D eigenvalue weighted by Crippen LogP contribution is 2.48. The smallest absolute Gasteiger partial charge is 0.408 e. The van der Waals surface area contributed by atoms with Gasteiger partial charge in [0.1, 0.15) is 30.1 Å². The van der Waals surface area contributed by atoms with E-state index in [1.54, 1.807) is 32.1 Å². The van der Waals surface area contributed by atoms with Crippen LogP contribution in [0, 0.1) is 17.8 Å². The number of carboxylic acid groups (broad SMARTS) is 1. The van der Waals surface area contributed by atoms with Gasteiger partial charge in [-0.25, -0.2) is 13.2 Å². The molecule has 2 aliphatic heterocycles. The molecule has 2 saturated carbocycles. The Hall–Kier alpha value is -4.80. The maximum absolute atomic E-state index is 15.1. The van der Waals surface area contributed by atoms with Crippen molar-refractivity contribution in [2.24, 2.45) is 17.8 Å². The Morgan fingerprint density at radius 2 is 1.85 bits per heavy atom. The van der Waals surface area contributed by atoms with Gasteiger partial charge in [-0.05, 0) is 90.2 Å². The van der Waals surface area contributed by atoms with Gasteiger partial charge in [0.2, 0.25) is 27.7 Å². The molecule has 2 aromatic heterocycles. The van der Waals surface area contributed by atoms with Crippen LogP contribution in [0.15, 0.2) is 42.7 Å². The fourth-order valence-electron chi connectivity index (χ4n) is 8.30. The summed E-state index contributed by atoms with van der Waals surface area (Å²) in [7, 11) is -4.02. The zero-order chi connectivity index (χ0) is 39.7. The number of ether oxygens (including phenoxy) is 1. The molecule has 1 saturated heterocycles. The summed E-state index contributed by atoms with van der Waals surface area (Å²) in [6.07, 6.45) is 6.22. The summed E-state index contributed by atoms with van der Waals surface area (Å²) in [6.45, 7) is 10.6. The van der Waals surface area contributed by atoms with E-state index in [9.17, 15) is 27.9 Å². The number of hydrogen-bond donors (Lipinski definition) is 3. The molecule has 0 spiro atoms. The Bertz CT molecular complexity index is 2180. The van der Waals surface area contributed by atoms with Gasteiger partial charge in [-0.3, -0.25) is 28.4 Å². The lowest BCUT2D eigenvalue weighted by Gasteiger charge is -2.43. The van der Waals surface area contributed by atoms with Gasteiger partial charge in [0.05, 0.1) is 22.2 Å². The van der Waals surface area contributed by atoms with Gasteiger partial charge in [0.15, 0.2) is 0 Å². The van der Waals surface area contributed by atoms with Gasteiger partial charge in [-0.2, -0.15) is 4.98 Å². The molecule has 7 rings (SSSR count). The molecule has 4 aliphatic rings. The number of para-hydroxylation sites is 1. The van der Waals surface area contributed by atoms with Crippen molar-refractivity contribution in [3.8, 4) is 5.88 Å². The van der Waals surface area contributed by atoms with Crippen molar-refractivity contribution in [3.05, 3.63) is 42.7 Å². The predicted octanol–water partition coefficient (Wildman–Crippen LogP) is 3.66. The van der Waals surface area contributed by atoms with E-state index in [0.717, 1.165) is 11.9 Å². The normalized spacial score (nSPS) is 30.3. The SMILES string of the molecule is C[C@@H]1CC/C=C\[C@@H]2C[C@@]2(C(=O)NS(=O)(=O)C2(C)CC2)NC(=O)[C@@H]2C[C@@H](Oc3nc4nncn4c4ccccc34)CN2C(=O)[C@@H](N(C(=O)O)C(C)(C)C)[C@H](C)C1. The Labute approximate surface area is 320 Å². The third-order valence-electron chi connectivity index (χ3n) is 11.8. The first-order valence-electron chi connectivity index (χ1n) is 19.0. The van der Waals surface area contributed by atoms with Gasteiger partial charge in [0, 0.05) is 17.9 Å². The van der Waals surface area contributed by atoms with Crippen LogP contribution in [-0.4, -0.2) is 107 Å². The summed E-state index contributed by atoms with van der Waals surface area (Å²) < 4.78 is 35.9. The van der Waals surface area contributed by atoms with E-state index in [1.165, 1.54) is 16.1 Å². The molecule has 4 heterocycles. The number of sulfonamides is 1. The number of amides is 4. The number of aromatic nitrogens is 4. The topological polar surface area (TPSA) is 206 Å². The monoisotopic (exact) mass is 778 g/mol. The molecule has 2 aliphatic carbocycles. The minimum absolute atomic E-state index is 0.0138. The zero-order valence-corrected chi connectivity index (χ0v) is 32.9. The summed E-state index contributed by atoms with van der Waals surface area (Å²) in [5.41, 5.74) is -1.81. The van der Waals surface area contributed by atoms with Crippen molar-refractivity contribution in [1.29, 1.82) is 0 Å². The summed E-state index contributed by atoms with van der Waals surface area (Å²) in [5.74, 6) is -2.35. The number of carbonyl (C=O) groups is 4. The highest BCUT2D eigenvalue weighted by Gasteiger charge is 2.63. The maximum Gasteiger partial charge on any atom is 0.408 e. The van der Waals surface area contributed by atoms with Crippen LogP contribution in [0.3, 0.4) is 0 Å². The Kier molecular flexibility index (Phi) is 9.61. The lowest BCUT2D eigenvalue weighted by Crippen LogP contribution is -2.62. The van der Waals surface area contributed by atoms with Crippen LogP contribution < -0.4 is 14.8 Å². The maximum atomic E-state index is 15.1. The molecule has 4 amide bonds. The van der Waals surface area contributed by atoms with Crippen molar-refractivity contribution in [3.63, 3.8) is 0 Å². The number of nitrogens with zero attached hydrogens (tertiary/aromatic N) is 6. The number of carbonyl (C=O) groups excluding carboxylic acids is 3. The number of nitrogens with one attached hydrogen (secondary N) is 2. The molecule has 1 aromatic carbocycles. The van der Waals surface area contributed by atoms with Crippen LogP contribution in [0.2, 0.25) is 0 Å². The fraction of sp³-hybridized carbons (Fsp3) is 0.605. The van der Waals surface area contributed by atoms with Crippen LogP contribution in [-0.2, 0) is 24.4 Å². The van der Waals surface area contributed by atoms with Crippen LogP contribution in [0.4, 0.5) is 4.79 Å². The van der Waals surface area contributed by atoms with Gasteiger partial charge < -0.3 is 20.1 Å². The average Bonchev–Trinajstić information content (AvgIpc) is 3.89. The predicted molar refractivity (Wildman–Crippen MR) is 201 cm³/mol. The van der Waals surface area contributed by atoms with Crippen LogP contribution >= 0.6 is 0 Å². The summed E-state index contributed by atoms with van der Waals surface area (Å²) >= 11 is 0. The number of allylic oxidation sites excluding steroid dienone is 1.